The minimum Gasteiger partial charge on any atom is -0.381 e. The molecule has 0 saturated heterocycles. The summed E-state index contributed by atoms with van der Waals surface area (Å²) in [5.74, 6) is 0. The van der Waals surface area contributed by atoms with Gasteiger partial charge in [-0.15, -0.1) is 0 Å². The van der Waals surface area contributed by atoms with Crippen molar-refractivity contribution in [2.24, 2.45) is 0 Å². The van der Waals surface area contributed by atoms with Gasteiger partial charge in [0.2, 0.25) is 0 Å². The Hall–Kier alpha value is -1.60. The highest BCUT2D eigenvalue weighted by Crippen LogP contribution is 2.29. The van der Waals surface area contributed by atoms with Gasteiger partial charge in [0.05, 0.1) is 0 Å². The topological polar surface area (TPSA) is 20.2 Å². The fourth-order valence-corrected chi connectivity index (χ4v) is 1.64. The molecule has 0 radical (unpaired) electrons. The Morgan fingerprint density at radius 3 is 2.44 bits per heavy atom. The van der Waals surface area contributed by atoms with Gasteiger partial charge in [-0.3, -0.25) is 0 Å². The molecule has 16 heavy (non-hydrogen) atoms. The van der Waals surface area contributed by atoms with E-state index in [-0.39, 0.29) is 0 Å². The summed E-state index contributed by atoms with van der Waals surface area (Å²) in [6.45, 7) is 7.34. The Morgan fingerprint density at radius 2 is 1.94 bits per heavy atom. The van der Waals surface area contributed by atoms with Crippen molar-refractivity contribution < 1.29 is 5.11 Å². The van der Waals surface area contributed by atoms with Gasteiger partial charge in [-0.25, -0.2) is 0 Å². The first-order chi connectivity index (χ1) is 7.62. The van der Waals surface area contributed by atoms with E-state index in [1.807, 2.05) is 55.5 Å². The largest absolute Gasteiger partial charge is 0.381 e. The SMILES string of the molecule is C=C/C=C\C(=C/C)C(C)(O)c1ccccc1. The second kappa shape index (κ2) is 5.47. The van der Waals surface area contributed by atoms with Crippen LogP contribution >= 0.6 is 0 Å². The summed E-state index contributed by atoms with van der Waals surface area (Å²) in [6.07, 6.45) is 7.31. The van der Waals surface area contributed by atoms with Gasteiger partial charge < -0.3 is 5.11 Å². The number of rotatable bonds is 4. The van der Waals surface area contributed by atoms with Crippen LogP contribution in [-0.2, 0) is 5.60 Å². The van der Waals surface area contributed by atoms with Crippen molar-refractivity contribution in [1.29, 1.82) is 0 Å². The number of hydrogen-bond donors (Lipinski definition) is 1. The van der Waals surface area contributed by atoms with Crippen molar-refractivity contribution in [3.8, 4) is 0 Å². The third-order valence-electron chi connectivity index (χ3n) is 2.62. The Labute approximate surface area is 97.4 Å². The van der Waals surface area contributed by atoms with Gasteiger partial charge >= 0.3 is 0 Å². The molecule has 0 aromatic heterocycles. The number of allylic oxidation sites excluding steroid dienone is 3. The zero-order chi connectivity index (χ0) is 12.0. The highest BCUT2D eigenvalue weighted by molar-refractivity contribution is 5.38. The fourth-order valence-electron chi connectivity index (χ4n) is 1.64. The maximum Gasteiger partial charge on any atom is 0.111 e. The normalized spacial score (nSPS) is 16.1. The van der Waals surface area contributed by atoms with Gasteiger partial charge in [0, 0.05) is 0 Å². The van der Waals surface area contributed by atoms with E-state index in [2.05, 4.69) is 6.58 Å². The number of aliphatic hydroxyl groups is 1. The van der Waals surface area contributed by atoms with Crippen LogP contribution in [0.5, 0.6) is 0 Å². The van der Waals surface area contributed by atoms with Crippen molar-refractivity contribution >= 4 is 0 Å². The summed E-state index contributed by atoms with van der Waals surface area (Å²) in [5, 5.41) is 10.5. The van der Waals surface area contributed by atoms with Crippen LogP contribution in [0.15, 0.2) is 66.8 Å². The monoisotopic (exact) mass is 214 g/mol. The van der Waals surface area contributed by atoms with Gasteiger partial charge in [0.1, 0.15) is 5.60 Å². The first kappa shape index (κ1) is 12.5. The van der Waals surface area contributed by atoms with Crippen LogP contribution in [0.1, 0.15) is 19.4 Å². The van der Waals surface area contributed by atoms with Crippen molar-refractivity contribution in [3.05, 3.63) is 72.4 Å². The molecular formula is C15H18O. The molecule has 0 aliphatic rings. The molecule has 0 bridgehead atoms. The maximum atomic E-state index is 10.5. The van der Waals surface area contributed by atoms with Gasteiger partial charge in [-0.2, -0.15) is 0 Å². The molecule has 0 spiro atoms. The Kier molecular flexibility index (Phi) is 4.27. The molecule has 0 aliphatic heterocycles. The lowest BCUT2D eigenvalue weighted by Crippen LogP contribution is -2.23. The molecule has 1 aromatic carbocycles. The zero-order valence-corrected chi connectivity index (χ0v) is 9.85. The lowest BCUT2D eigenvalue weighted by molar-refractivity contribution is 0.101. The molecule has 0 aliphatic carbocycles. The molecule has 84 valence electrons. The van der Waals surface area contributed by atoms with E-state index >= 15 is 0 Å². The summed E-state index contributed by atoms with van der Waals surface area (Å²) in [4.78, 5) is 0. The molecule has 0 amide bonds. The van der Waals surface area contributed by atoms with Crippen molar-refractivity contribution in [1.82, 2.24) is 0 Å². The first-order valence-electron chi connectivity index (χ1n) is 5.36. The lowest BCUT2D eigenvalue weighted by atomic mass is 9.87. The maximum absolute atomic E-state index is 10.5. The molecule has 1 atom stereocenters. The van der Waals surface area contributed by atoms with Crippen LogP contribution in [0.3, 0.4) is 0 Å². The molecule has 1 aromatic rings. The Bertz CT molecular complexity index is 397. The third kappa shape index (κ3) is 2.71. The van der Waals surface area contributed by atoms with Gasteiger partial charge in [-0.05, 0) is 25.0 Å². The van der Waals surface area contributed by atoms with Crippen LogP contribution in [-0.4, -0.2) is 5.11 Å². The molecule has 0 heterocycles. The van der Waals surface area contributed by atoms with Gasteiger partial charge in [-0.1, -0.05) is 61.2 Å². The second-order valence-corrected chi connectivity index (χ2v) is 3.78. The summed E-state index contributed by atoms with van der Waals surface area (Å²) < 4.78 is 0. The quantitative estimate of drug-likeness (QED) is 0.759. The van der Waals surface area contributed by atoms with E-state index in [0.29, 0.717) is 0 Å². The smallest absolute Gasteiger partial charge is 0.111 e. The second-order valence-electron chi connectivity index (χ2n) is 3.78. The molecule has 0 fully saturated rings. The molecular weight excluding hydrogens is 196 g/mol. The molecule has 1 unspecified atom stereocenters. The summed E-state index contributed by atoms with van der Waals surface area (Å²) in [5.41, 5.74) is 0.783. The molecule has 1 heteroatoms. The Balaban J connectivity index is 3.09. The standard InChI is InChI=1S/C15H18O/c1-4-6-10-13(5-2)15(3,16)14-11-8-7-9-12-14/h4-12,16H,1H2,2-3H3/b10-6-,13-5+. The first-order valence-corrected chi connectivity index (χ1v) is 5.36. The minimum absolute atomic E-state index is 0.860. The van der Waals surface area contributed by atoms with Crippen molar-refractivity contribution in [2.45, 2.75) is 19.4 Å². The van der Waals surface area contributed by atoms with Crippen LogP contribution in [0.25, 0.3) is 0 Å². The van der Waals surface area contributed by atoms with Crippen molar-refractivity contribution in [2.75, 3.05) is 0 Å². The van der Waals surface area contributed by atoms with Crippen LogP contribution < -0.4 is 0 Å². The van der Waals surface area contributed by atoms with E-state index in [1.54, 1.807) is 13.0 Å². The van der Waals surface area contributed by atoms with E-state index in [0.717, 1.165) is 11.1 Å². The number of benzene rings is 1. The highest BCUT2D eigenvalue weighted by atomic mass is 16.3. The van der Waals surface area contributed by atoms with Crippen LogP contribution in [0.2, 0.25) is 0 Å². The fraction of sp³-hybridized carbons (Fsp3) is 0.200. The average Bonchev–Trinajstić information content (AvgIpc) is 2.31. The van der Waals surface area contributed by atoms with Gasteiger partial charge in [0.25, 0.3) is 0 Å². The van der Waals surface area contributed by atoms with Crippen molar-refractivity contribution in [3.63, 3.8) is 0 Å². The van der Waals surface area contributed by atoms with E-state index < -0.39 is 5.60 Å². The predicted molar refractivity (Wildman–Crippen MR) is 69.1 cm³/mol. The molecule has 1 nitrogen and oxygen atoms in total. The molecule has 1 rings (SSSR count). The minimum atomic E-state index is -0.963. The summed E-state index contributed by atoms with van der Waals surface area (Å²) >= 11 is 0. The van der Waals surface area contributed by atoms with Gasteiger partial charge in [0.15, 0.2) is 0 Å². The zero-order valence-electron chi connectivity index (χ0n) is 9.85. The Morgan fingerprint density at radius 1 is 1.31 bits per heavy atom. The highest BCUT2D eigenvalue weighted by Gasteiger charge is 2.25. The van der Waals surface area contributed by atoms with E-state index in [9.17, 15) is 5.11 Å². The lowest BCUT2D eigenvalue weighted by Gasteiger charge is -2.25. The summed E-state index contributed by atoms with van der Waals surface area (Å²) in [6, 6.07) is 9.63. The average molecular weight is 214 g/mol. The number of hydrogen-bond acceptors (Lipinski definition) is 1. The van der Waals surface area contributed by atoms with Crippen LogP contribution in [0, 0.1) is 0 Å². The van der Waals surface area contributed by atoms with E-state index in [4.69, 9.17) is 0 Å². The van der Waals surface area contributed by atoms with Crippen LogP contribution in [0.4, 0.5) is 0 Å². The van der Waals surface area contributed by atoms with E-state index in [1.165, 1.54) is 0 Å². The molecule has 0 saturated carbocycles. The predicted octanol–water partition coefficient (Wildman–Crippen LogP) is 3.58. The molecule has 1 N–H and O–H groups in total. The third-order valence-corrected chi connectivity index (χ3v) is 2.62. The summed E-state index contributed by atoms with van der Waals surface area (Å²) in [7, 11) is 0.